The van der Waals surface area contributed by atoms with Crippen LogP contribution in [0, 0.1) is 62.3 Å². The molecule has 2 aromatic rings. The van der Waals surface area contributed by atoms with Crippen molar-refractivity contribution in [3.8, 4) is 0 Å². The molecule has 2 aromatic carbocycles. The van der Waals surface area contributed by atoms with Crippen LogP contribution >= 0.6 is 0 Å². The maximum absolute atomic E-state index is 14.8. The van der Waals surface area contributed by atoms with Crippen molar-refractivity contribution in [1.29, 1.82) is 0 Å². The first kappa shape index (κ1) is 25.1. The number of amides is 1. The molecule has 1 heterocycles. The van der Waals surface area contributed by atoms with Crippen LogP contribution in [0.15, 0.2) is 0 Å². The predicted molar refractivity (Wildman–Crippen MR) is 125 cm³/mol. The highest BCUT2D eigenvalue weighted by Crippen LogP contribution is 2.51. The molecule has 0 radical (unpaired) electrons. The van der Waals surface area contributed by atoms with E-state index in [4.69, 9.17) is 10.5 Å². The van der Waals surface area contributed by atoms with Crippen LogP contribution in [0.5, 0.6) is 0 Å². The Hall–Kier alpha value is -2.54. The number of cyclic esters (lactones) is 1. The fourth-order valence-electron chi connectivity index (χ4n) is 5.30. The normalized spacial score (nSPS) is 18.8. The predicted octanol–water partition coefficient (Wildman–Crippen LogP) is 6.34. The largest absolute Gasteiger partial charge is 0.434 e. The Labute approximate surface area is 193 Å². The van der Waals surface area contributed by atoms with E-state index in [0.717, 1.165) is 49.4 Å². The molecule has 1 amide bonds. The molecule has 1 saturated heterocycles. The Morgan fingerprint density at radius 1 is 0.788 bits per heavy atom. The number of halogens is 3. The average molecular weight is 463 g/mol. The van der Waals surface area contributed by atoms with Crippen LogP contribution in [-0.4, -0.2) is 18.8 Å². The van der Waals surface area contributed by atoms with Gasteiger partial charge in [0.2, 0.25) is 0 Å². The van der Waals surface area contributed by atoms with Crippen molar-refractivity contribution in [2.45, 2.75) is 80.6 Å². The lowest BCUT2D eigenvalue weighted by Crippen LogP contribution is -2.47. The van der Waals surface area contributed by atoms with Gasteiger partial charge in [-0.15, -0.1) is 0 Å². The Kier molecular flexibility index (Phi) is 6.12. The fourth-order valence-corrected chi connectivity index (χ4v) is 5.30. The van der Waals surface area contributed by atoms with E-state index < -0.39 is 24.4 Å². The summed E-state index contributed by atoms with van der Waals surface area (Å²) >= 11 is 0. The number of carbonyl (C=O) groups excluding carboxylic acids is 1. The average Bonchev–Trinajstić information content (AvgIpc) is 3.08. The minimum absolute atomic E-state index is 0.0359. The van der Waals surface area contributed by atoms with Gasteiger partial charge in [-0.1, -0.05) is 0 Å². The molecule has 0 aromatic heterocycles. The summed E-state index contributed by atoms with van der Waals surface area (Å²) in [5, 5.41) is 0. The number of nitrogens with zero attached hydrogens (tertiary/aromatic N) is 1. The molecule has 0 bridgehead atoms. The number of nitrogens with two attached hydrogens (primary N) is 1. The molecule has 0 spiro atoms. The first-order chi connectivity index (χ1) is 15.1. The first-order valence-corrected chi connectivity index (χ1v) is 11.1. The van der Waals surface area contributed by atoms with Crippen LogP contribution in [-0.2, 0) is 16.9 Å². The molecule has 1 atom stereocenters. The van der Waals surface area contributed by atoms with Gasteiger partial charge in [-0.2, -0.15) is 13.2 Å². The molecule has 2 N–H and O–H groups in total. The number of hydrogen-bond donors (Lipinski definition) is 1. The quantitative estimate of drug-likeness (QED) is 0.579. The molecule has 7 heteroatoms. The second-order valence-corrected chi connectivity index (χ2v) is 9.31. The van der Waals surface area contributed by atoms with Crippen molar-refractivity contribution < 1.29 is 22.7 Å². The van der Waals surface area contributed by atoms with Crippen molar-refractivity contribution >= 4 is 11.8 Å². The van der Waals surface area contributed by atoms with E-state index in [0.29, 0.717) is 23.4 Å². The molecular weight excluding hydrogens is 429 g/mol. The Bertz CT molecular complexity index is 1110. The summed E-state index contributed by atoms with van der Waals surface area (Å²) in [6.45, 7) is 15.9. The lowest BCUT2D eigenvalue weighted by molar-refractivity contribution is -0.250. The summed E-state index contributed by atoms with van der Waals surface area (Å²) in [4.78, 5) is 14.3. The minimum Gasteiger partial charge on any atom is -0.426 e. The molecule has 1 aliphatic rings. The van der Waals surface area contributed by atoms with Gasteiger partial charge >= 0.3 is 12.3 Å². The molecule has 1 aliphatic heterocycles. The maximum Gasteiger partial charge on any atom is 0.434 e. The lowest BCUT2D eigenvalue weighted by Gasteiger charge is -2.34. The number of ether oxygens (including phenoxy) is 1. The second kappa shape index (κ2) is 8.05. The van der Waals surface area contributed by atoms with E-state index >= 15 is 0 Å². The Balaban J connectivity index is 2.32. The number of alkyl halides is 3. The van der Waals surface area contributed by atoms with Crippen LogP contribution in [0.3, 0.4) is 0 Å². The van der Waals surface area contributed by atoms with Gasteiger partial charge in [-0.3, -0.25) is 4.90 Å². The van der Waals surface area contributed by atoms with Crippen LogP contribution < -0.4 is 10.6 Å². The Morgan fingerprint density at radius 2 is 1.21 bits per heavy atom. The summed E-state index contributed by atoms with van der Waals surface area (Å²) in [7, 11) is 0. The zero-order chi connectivity index (χ0) is 25.2. The van der Waals surface area contributed by atoms with E-state index in [1.54, 1.807) is 13.8 Å². The van der Waals surface area contributed by atoms with Crippen LogP contribution in [0.4, 0.5) is 23.7 Å². The first-order valence-electron chi connectivity index (χ1n) is 11.1. The zero-order valence-electron chi connectivity index (χ0n) is 20.9. The molecule has 4 nitrogen and oxygen atoms in total. The Morgan fingerprint density at radius 3 is 1.61 bits per heavy atom. The van der Waals surface area contributed by atoms with Crippen molar-refractivity contribution in [2.75, 3.05) is 11.4 Å². The molecule has 0 saturated carbocycles. The maximum atomic E-state index is 14.8. The monoisotopic (exact) mass is 462 g/mol. The van der Waals surface area contributed by atoms with E-state index in [-0.39, 0.29) is 5.56 Å². The standard InChI is InChI=1S/C26H33F3N2O2/c1-12-13(2)17(6)22(18(7)14(12)3)25(26(27,28)29)11-31(24(32)33-25)23-19(8)15(4)21(10-30)16(5)20(23)9/h10-11,30H2,1-9H3. The zero-order valence-corrected chi connectivity index (χ0v) is 20.9. The van der Waals surface area contributed by atoms with Crippen LogP contribution in [0.2, 0.25) is 0 Å². The van der Waals surface area contributed by atoms with Gasteiger partial charge in [0.15, 0.2) is 0 Å². The number of rotatable bonds is 3. The number of anilines is 1. The molecule has 1 unspecified atom stereocenters. The summed E-state index contributed by atoms with van der Waals surface area (Å²) in [5.41, 5.74) is 11.3. The molecule has 180 valence electrons. The highest BCUT2D eigenvalue weighted by molar-refractivity contribution is 5.93. The minimum atomic E-state index is -4.80. The summed E-state index contributed by atoms with van der Waals surface area (Å²) in [5.74, 6) is 0. The van der Waals surface area contributed by atoms with Gasteiger partial charge in [0.25, 0.3) is 5.60 Å². The number of benzene rings is 2. The van der Waals surface area contributed by atoms with Gasteiger partial charge in [-0.25, -0.2) is 4.79 Å². The number of hydrogen-bond acceptors (Lipinski definition) is 3. The second-order valence-electron chi connectivity index (χ2n) is 9.31. The highest BCUT2D eigenvalue weighted by Gasteiger charge is 2.66. The molecule has 33 heavy (non-hydrogen) atoms. The lowest BCUT2D eigenvalue weighted by atomic mass is 9.80. The molecule has 0 aliphatic carbocycles. The van der Waals surface area contributed by atoms with E-state index in [1.807, 2.05) is 48.5 Å². The van der Waals surface area contributed by atoms with Crippen molar-refractivity contribution in [3.63, 3.8) is 0 Å². The third kappa shape index (κ3) is 3.43. The molecular formula is C26H33F3N2O2. The van der Waals surface area contributed by atoms with Gasteiger partial charge in [0, 0.05) is 12.1 Å². The fraction of sp³-hybridized carbons (Fsp3) is 0.500. The van der Waals surface area contributed by atoms with E-state index in [1.165, 1.54) is 0 Å². The van der Waals surface area contributed by atoms with Crippen molar-refractivity contribution in [1.82, 2.24) is 0 Å². The highest BCUT2D eigenvalue weighted by atomic mass is 19.4. The third-order valence-electron chi connectivity index (χ3n) is 7.94. The summed E-state index contributed by atoms with van der Waals surface area (Å²) in [6, 6.07) is 0. The molecule has 1 fully saturated rings. The van der Waals surface area contributed by atoms with Crippen molar-refractivity contribution in [3.05, 3.63) is 61.2 Å². The topological polar surface area (TPSA) is 55.6 Å². The smallest absolute Gasteiger partial charge is 0.426 e. The van der Waals surface area contributed by atoms with Gasteiger partial charge in [0.05, 0.1) is 12.2 Å². The number of carbonyl (C=O) groups is 1. The van der Waals surface area contributed by atoms with Gasteiger partial charge in [-0.05, 0) is 118 Å². The van der Waals surface area contributed by atoms with E-state index in [9.17, 15) is 18.0 Å². The van der Waals surface area contributed by atoms with Crippen LogP contribution in [0.1, 0.15) is 61.2 Å². The van der Waals surface area contributed by atoms with E-state index in [2.05, 4.69) is 0 Å². The summed E-state index contributed by atoms with van der Waals surface area (Å²) < 4.78 is 49.9. The summed E-state index contributed by atoms with van der Waals surface area (Å²) in [6.07, 6.45) is -5.79. The third-order valence-corrected chi connectivity index (χ3v) is 7.94. The SMILES string of the molecule is Cc1c(C)c(C)c(C2(C(F)(F)F)CN(c3c(C)c(C)c(CN)c(C)c3C)C(=O)O2)c(C)c1C. The molecule has 3 rings (SSSR count). The van der Waals surface area contributed by atoms with Gasteiger partial charge in [0.1, 0.15) is 0 Å². The van der Waals surface area contributed by atoms with Crippen molar-refractivity contribution in [2.24, 2.45) is 5.73 Å². The van der Waals surface area contributed by atoms with Crippen LogP contribution in [0.25, 0.3) is 0 Å². The van der Waals surface area contributed by atoms with Gasteiger partial charge < -0.3 is 10.5 Å².